The number of anilines is 1. The summed E-state index contributed by atoms with van der Waals surface area (Å²) in [6.45, 7) is -0.117. The van der Waals surface area contributed by atoms with E-state index in [4.69, 9.17) is 15.6 Å². The van der Waals surface area contributed by atoms with E-state index in [1.54, 1.807) is 18.2 Å². The quantitative estimate of drug-likeness (QED) is 0.748. The molecule has 1 atom stereocenters. The molecule has 0 aliphatic carbocycles. The Morgan fingerprint density at radius 1 is 1.53 bits per heavy atom. The van der Waals surface area contributed by atoms with Gasteiger partial charge in [-0.25, -0.2) is 0 Å². The molecule has 1 aromatic rings. The molecule has 1 unspecified atom stereocenters. The third kappa shape index (κ3) is 1.73. The van der Waals surface area contributed by atoms with Crippen molar-refractivity contribution in [1.29, 1.82) is 0 Å². The molecule has 0 spiro atoms. The van der Waals surface area contributed by atoms with Gasteiger partial charge in [-0.2, -0.15) is 0 Å². The number of ether oxygens (including phenoxy) is 1. The summed E-state index contributed by atoms with van der Waals surface area (Å²) in [5, 5.41) is 11.4. The predicted octanol–water partition coefficient (Wildman–Crippen LogP) is 0.683. The summed E-state index contributed by atoms with van der Waals surface area (Å²) in [6, 6.07) is 4.95. The van der Waals surface area contributed by atoms with Crippen molar-refractivity contribution >= 4 is 17.3 Å². The highest BCUT2D eigenvalue weighted by Crippen LogP contribution is 2.36. The number of carbonyl (C=O) groups excluding carboxylic acids is 1. The highest BCUT2D eigenvalue weighted by Gasteiger charge is 2.28. The summed E-state index contributed by atoms with van der Waals surface area (Å²) in [7, 11) is 0. The molecule has 1 amide bonds. The largest absolute Gasteiger partial charge is 0.476 e. The summed E-state index contributed by atoms with van der Waals surface area (Å²) >= 11 is 0. The molecular formula is C10H11N2O3. The van der Waals surface area contributed by atoms with Crippen LogP contribution in [0.25, 0.3) is 0 Å². The standard InChI is InChI=1S/C10H11N2O3/c11-6-2-1-3-7-9(6)15-8(4-5-13)10(14)12-7/h1-3,8,11,13H,4-5H2,(H,12,14). The third-order valence-electron chi connectivity index (χ3n) is 2.22. The van der Waals surface area contributed by atoms with Gasteiger partial charge in [0.25, 0.3) is 5.91 Å². The lowest BCUT2D eigenvalue weighted by Crippen LogP contribution is -2.37. The van der Waals surface area contributed by atoms with Crippen molar-refractivity contribution in [3.05, 3.63) is 18.2 Å². The summed E-state index contributed by atoms with van der Waals surface area (Å²) in [4.78, 5) is 11.4. The van der Waals surface area contributed by atoms with Crippen LogP contribution in [0.15, 0.2) is 18.2 Å². The van der Waals surface area contributed by atoms with E-state index >= 15 is 0 Å². The number of fused-ring (bicyclic) bond motifs is 1. The molecule has 79 valence electrons. The summed E-state index contributed by atoms with van der Waals surface area (Å²) < 4.78 is 5.36. The van der Waals surface area contributed by atoms with Crippen molar-refractivity contribution in [2.75, 3.05) is 11.9 Å². The minimum atomic E-state index is -0.700. The van der Waals surface area contributed by atoms with Crippen molar-refractivity contribution < 1.29 is 14.6 Å². The van der Waals surface area contributed by atoms with Crippen LogP contribution in [0.2, 0.25) is 0 Å². The Hall–Kier alpha value is -1.75. The second kappa shape index (κ2) is 3.78. The van der Waals surface area contributed by atoms with Crippen LogP contribution in [0.1, 0.15) is 6.42 Å². The first kappa shape index (κ1) is 9.79. The zero-order valence-electron chi connectivity index (χ0n) is 7.99. The van der Waals surface area contributed by atoms with E-state index in [0.29, 0.717) is 11.4 Å². The Morgan fingerprint density at radius 2 is 2.33 bits per heavy atom. The number of aliphatic hydroxyl groups is 1. The first-order valence-corrected chi connectivity index (χ1v) is 4.65. The number of benzene rings is 1. The van der Waals surface area contributed by atoms with Crippen molar-refractivity contribution in [3.63, 3.8) is 0 Å². The Balaban J connectivity index is 2.30. The SMILES string of the molecule is [NH]c1cccc2c1OC(CCO)C(=O)N2. The molecular weight excluding hydrogens is 196 g/mol. The predicted molar refractivity (Wildman–Crippen MR) is 53.9 cm³/mol. The Kier molecular flexibility index (Phi) is 2.47. The van der Waals surface area contributed by atoms with Crippen LogP contribution in [0, 0.1) is 0 Å². The topological polar surface area (TPSA) is 82.4 Å². The van der Waals surface area contributed by atoms with Crippen molar-refractivity contribution in [1.82, 2.24) is 5.73 Å². The molecule has 0 bridgehead atoms. The lowest BCUT2D eigenvalue weighted by atomic mass is 10.1. The van der Waals surface area contributed by atoms with Crippen LogP contribution in [-0.2, 0) is 4.79 Å². The first-order valence-electron chi connectivity index (χ1n) is 4.65. The fourth-order valence-electron chi connectivity index (χ4n) is 1.48. The number of para-hydroxylation sites is 1. The first-order chi connectivity index (χ1) is 7.22. The molecule has 1 heterocycles. The van der Waals surface area contributed by atoms with Crippen LogP contribution < -0.4 is 15.8 Å². The van der Waals surface area contributed by atoms with E-state index < -0.39 is 6.10 Å². The van der Waals surface area contributed by atoms with Crippen LogP contribution >= 0.6 is 0 Å². The van der Waals surface area contributed by atoms with Crippen molar-refractivity contribution in [2.24, 2.45) is 0 Å². The molecule has 1 radical (unpaired) electrons. The van der Waals surface area contributed by atoms with Gasteiger partial charge in [-0.1, -0.05) is 6.07 Å². The molecule has 1 aliphatic heterocycles. The van der Waals surface area contributed by atoms with E-state index in [9.17, 15) is 4.79 Å². The van der Waals surface area contributed by atoms with Crippen LogP contribution in [0.5, 0.6) is 5.75 Å². The molecule has 1 aliphatic rings. The highest BCUT2D eigenvalue weighted by atomic mass is 16.5. The number of nitrogens with one attached hydrogen (secondary N) is 2. The minimum absolute atomic E-state index is 0.117. The van der Waals surface area contributed by atoms with Crippen molar-refractivity contribution in [2.45, 2.75) is 12.5 Å². The fourth-order valence-corrected chi connectivity index (χ4v) is 1.48. The molecule has 1 aromatic carbocycles. The van der Waals surface area contributed by atoms with E-state index in [2.05, 4.69) is 5.32 Å². The van der Waals surface area contributed by atoms with Gasteiger partial charge in [0.05, 0.1) is 11.4 Å². The fraction of sp³-hybridized carbons (Fsp3) is 0.300. The molecule has 5 nitrogen and oxygen atoms in total. The van der Waals surface area contributed by atoms with Gasteiger partial charge in [0.2, 0.25) is 0 Å². The van der Waals surface area contributed by atoms with E-state index in [1.165, 1.54) is 0 Å². The van der Waals surface area contributed by atoms with Gasteiger partial charge in [0.1, 0.15) is 0 Å². The summed E-state index contributed by atoms with van der Waals surface area (Å²) in [5.41, 5.74) is 8.35. The zero-order chi connectivity index (χ0) is 10.8. The zero-order valence-corrected chi connectivity index (χ0v) is 7.99. The summed E-state index contributed by atoms with van der Waals surface area (Å²) in [6.07, 6.45) is -0.464. The van der Waals surface area contributed by atoms with Gasteiger partial charge >= 0.3 is 0 Å². The second-order valence-corrected chi connectivity index (χ2v) is 3.29. The lowest BCUT2D eigenvalue weighted by Gasteiger charge is -2.25. The maximum atomic E-state index is 11.4. The second-order valence-electron chi connectivity index (χ2n) is 3.29. The maximum Gasteiger partial charge on any atom is 0.265 e. The number of hydrogen-bond acceptors (Lipinski definition) is 3. The van der Waals surface area contributed by atoms with Crippen LogP contribution in [0.3, 0.4) is 0 Å². The van der Waals surface area contributed by atoms with Gasteiger partial charge in [-0.05, 0) is 12.1 Å². The molecule has 5 heteroatoms. The number of aliphatic hydroxyl groups excluding tert-OH is 1. The Bertz CT molecular complexity index is 392. The van der Waals surface area contributed by atoms with Gasteiger partial charge in [0, 0.05) is 13.0 Å². The number of carbonyl (C=O) groups is 1. The van der Waals surface area contributed by atoms with Gasteiger partial charge in [-0.3, -0.25) is 10.5 Å². The Labute approximate surface area is 86.8 Å². The molecule has 0 aromatic heterocycles. The normalized spacial score (nSPS) is 19.0. The van der Waals surface area contributed by atoms with E-state index in [1.807, 2.05) is 0 Å². The van der Waals surface area contributed by atoms with Crippen LogP contribution in [0.4, 0.5) is 11.4 Å². The molecule has 0 fully saturated rings. The maximum absolute atomic E-state index is 11.4. The van der Waals surface area contributed by atoms with E-state index in [-0.39, 0.29) is 24.6 Å². The Morgan fingerprint density at radius 3 is 3.07 bits per heavy atom. The van der Waals surface area contributed by atoms with Crippen LogP contribution in [-0.4, -0.2) is 23.7 Å². The van der Waals surface area contributed by atoms with Gasteiger partial charge in [0.15, 0.2) is 11.9 Å². The van der Waals surface area contributed by atoms with Gasteiger partial charge in [-0.15, -0.1) is 0 Å². The average Bonchev–Trinajstić information content (AvgIpc) is 2.21. The average molecular weight is 207 g/mol. The summed E-state index contributed by atoms with van der Waals surface area (Å²) in [5.74, 6) is 0.0951. The lowest BCUT2D eigenvalue weighted by molar-refractivity contribution is -0.124. The highest BCUT2D eigenvalue weighted by molar-refractivity contribution is 5.98. The third-order valence-corrected chi connectivity index (χ3v) is 2.22. The molecule has 3 N–H and O–H groups in total. The molecule has 2 rings (SSSR count). The van der Waals surface area contributed by atoms with E-state index in [0.717, 1.165) is 0 Å². The van der Waals surface area contributed by atoms with Crippen molar-refractivity contribution in [3.8, 4) is 5.75 Å². The molecule has 0 saturated heterocycles. The van der Waals surface area contributed by atoms with Gasteiger partial charge < -0.3 is 15.2 Å². The molecule has 15 heavy (non-hydrogen) atoms. The number of hydrogen-bond donors (Lipinski definition) is 2. The number of rotatable bonds is 2. The number of amides is 1. The minimum Gasteiger partial charge on any atom is -0.476 e. The smallest absolute Gasteiger partial charge is 0.265 e. The molecule has 0 saturated carbocycles. The monoisotopic (exact) mass is 207 g/mol.